The molecule has 0 radical (unpaired) electrons. The molecule has 0 saturated carbocycles. The van der Waals surface area contributed by atoms with Crippen LogP contribution >= 0.6 is 0 Å². The summed E-state index contributed by atoms with van der Waals surface area (Å²) in [4.78, 5) is 20.4. The first-order valence-electron chi connectivity index (χ1n) is 12.7. The number of carbonyl (C=O) groups excluding carboxylic acids is 1. The monoisotopic (exact) mass is 488 g/mol. The maximum Gasteiger partial charge on any atom is 0.163 e. The van der Waals surface area contributed by atoms with Crippen LogP contribution in [-0.4, -0.2) is 15.8 Å². The second-order valence-electron chi connectivity index (χ2n) is 9.37. The van der Waals surface area contributed by atoms with E-state index in [1.54, 1.807) is 6.20 Å². The van der Waals surface area contributed by atoms with E-state index in [0.717, 1.165) is 63.2 Å². The van der Waals surface area contributed by atoms with Crippen LogP contribution in [0.5, 0.6) is 11.5 Å². The van der Waals surface area contributed by atoms with Gasteiger partial charge in [0.25, 0.3) is 0 Å². The van der Waals surface area contributed by atoms with Crippen molar-refractivity contribution >= 4 is 16.6 Å². The topological polar surface area (TPSA) is 64.2 Å². The first kappa shape index (κ1) is 23.0. The molecule has 0 saturated heterocycles. The van der Waals surface area contributed by atoms with Gasteiger partial charge in [0.15, 0.2) is 5.78 Å². The number of H-pyrrole nitrogens is 1. The van der Waals surface area contributed by atoms with Gasteiger partial charge in [-0.1, -0.05) is 66.7 Å². The molecule has 5 nitrogen and oxygen atoms in total. The second-order valence-corrected chi connectivity index (χ2v) is 9.37. The summed E-state index contributed by atoms with van der Waals surface area (Å²) in [5, 5.41) is 2.19. The predicted octanol–water partition coefficient (Wildman–Crippen LogP) is 7.02. The molecule has 0 fully saturated rings. The van der Waals surface area contributed by atoms with Crippen LogP contribution in [0, 0.1) is 0 Å². The quantitative estimate of drug-likeness (QED) is 0.255. The van der Waals surface area contributed by atoms with Crippen LogP contribution < -0.4 is 9.47 Å². The summed E-state index contributed by atoms with van der Waals surface area (Å²) in [6.45, 7) is 0.321. The van der Waals surface area contributed by atoms with E-state index in [1.807, 2.05) is 60.8 Å². The van der Waals surface area contributed by atoms with E-state index < -0.39 is 0 Å². The summed E-state index contributed by atoms with van der Waals surface area (Å²) in [7, 11) is 0. The molecule has 1 aliphatic carbocycles. The molecule has 1 heterocycles. The van der Waals surface area contributed by atoms with Crippen LogP contribution in [-0.2, 0) is 19.4 Å². The molecule has 37 heavy (non-hydrogen) atoms. The molecule has 0 unspecified atom stereocenters. The summed E-state index contributed by atoms with van der Waals surface area (Å²) < 4.78 is 13.2. The van der Waals surface area contributed by atoms with E-state index in [-0.39, 0.29) is 11.9 Å². The number of ketones is 1. The van der Waals surface area contributed by atoms with Crippen LogP contribution in [0.2, 0.25) is 0 Å². The van der Waals surface area contributed by atoms with Gasteiger partial charge in [-0.05, 0) is 47.6 Å². The number of hydrogen-bond acceptors (Lipinski definition) is 4. The summed E-state index contributed by atoms with van der Waals surface area (Å²) in [5.41, 5.74) is 3.84. The summed E-state index contributed by atoms with van der Waals surface area (Å²) >= 11 is 0. The number of Topliss-reactive ketones (excluding diaryl/α,β-unsaturated/α-hetero) is 1. The van der Waals surface area contributed by atoms with E-state index in [0.29, 0.717) is 19.4 Å². The van der Waals surface area contributed by atoms with Gasteiger partial charge >= 0.3 is 0 Å². The molecule has 0 aliphatic heterocycles. The van der Waals surface area contributed by atoms with Crippen LogP contribution in [0.15, 0.2) is 97.3 Å². The van der Waals surface area contributed by atoms with Crippen molar-refractivity contribution in [2.24, 2.45) is 0 Å². The lowest BCUT2D eigenvalue weighted by molar-refractivity contribution is 0.0971. The van der Waals surface area contributed by atoms with Gasteiger partial charge in [-0.2, -0.15) is 0 Å². The van der Waals surface area contributed by atoms with Gasteiger partial charge in [0, 0.05) is 41.7 Å². The number of hydrogen-bond donors (Lipinski definition) is 1. The third kappa shape index (κ3) is 4.85. The molecule has 5 aromatic rings. The lowest BCUT2D eigenvalue weighted by atomic mass is 9.87. The van der Waals surface area contributed by atoms with Gasteiger partial charge in [0.1, 0.15) is 30.0 Å². The number of nitrogens with one attached hydrogen (secondary N) is 1. The molecule has 0 bridgehead atoms. The highest BCUT2D eigenvalue weighted by molar-refractivity contribution is 5.99. The van der Waals surface area contributed by atoms with Gasteiger partial charge < -0.3 is 14.5 Å². The Morgan fingerprint density at radius 2 is 1.70 bits per heavy atom. The van der Waals surface area contributed by atoms with Crippen molar-refractivity contribution in [3.8, 4) is 11.5 Å². The van der Waals surface area contributed by atoms with Crippen molar-refractivity contribution in [3.05, 3.63) is 125 Å². The number of benzene rings is 4. The molecular formula is C32H28N2O3. The van der Waals surface area contributed by atoms with Gasteiger partial charge in [0.2, 0.25) is 0 Å². The summed E-state index contributed by atoms with van der Waals surface area (Å²) in [6, 6.07) is 28.3. The van der Waals surface area contributed by atoms with Crippen LogP contribution in [0.4, 0.5) is 0 Å². The first-order chi connectivity index (χ1) is 18.3. The molecule has 184 valence electrons. The Morgan fingerprint density at radius 1 is 0.865 bits per heavy atom. The Labute approximate surface area is 216 Å². The Bertz CT molecular complexity index is 1520. The van der Waals surface area contributed by atoms with E-state index in [1.165, 1.54) is 0 Å². The van der Waals surface area contributed by atoms with Crippen LogP contribution in [0.25, 0.3) is 10.8 Å². The van der Waals surface area contributed by atoms with Crippen molar-refractivity contribution in [1.82, 2.24) is 9.97 Å². The van der Waals surface area contributed by atoms with Gasteiger partial charge in [-0.3, -0.25) is 4.79 Å². The molecule has 1 N–H and O–H groups in total. The molecule has 0 amide bonds. The maximum atomic E-state index is 12.8. The van der Waals surface area contributed by atoms with Crippen molar-refractivity contribution in [3.63, 3.8) is 0 Å². The minimum atomic E-state index is -0.249. The number of carbonyl (C=O) groups is 1. The average Bonchev–Trinajstić information content (AvgIpc) is 3.46. The van der Waals surface area contributed by atoms with Crippen molar-refractivity contribution in [1.29, 1.82) is 0 Å². The maximum absolute atomic E-state index is 12.8. The fourth-order valence-electron chi connectivity index (χ4n) is 5.15. The second kappa shape index (κ2) is 10.3. The molecular weight excluding hydrogens is 460 g/mol. The Morgan fingerprint density at radius 3 is 2.57 bits per heavy atom. The number of aromatic nitrogens is 2. The van der Waals surface area contributed by atoms with Crippen molar-refractivity contribution in [2.45, 2.75) is 38.4 Å². The minimum Gasteiger partial charge on any atom is -0.488 e. The summed E-state index contributed by atoms with van der Waals surface area (Å²) in [6.07, 6.45) is 6.18. The fraction of sp³-hybridized carbons (Fsp3) is 0.188. The van der Waals surface area contributed by atoms with E-state index in [4.69, 9.17) is 9.47 Å². The number of imidazole rings is 1. The van der Waals surface area contributed by atoms with Gasteiger partial charge in [-0.15, -0.1) is 0 Å². The summed E-state index contributed by atoms with van der Waals surface area (Å²) in [5.74, 6) is 2.61. The smallest absolute Gasteiger partial charge is 0.163 e. The third-order valence-corrected chi connectivity index (χ3v) is 7.02. The zero-order chi connectivity index (χ0) is 25.0. The minimum absolute atomic E-state index is 0.189. The standard InChI is InChI=1S/C32H28N2O3/c35-28-14-7-13-25-26(28)16-17-30(27(25)21-36-29-15-6-11-22-8-4-5-12-24(22)29)37-31(20-32-33-18-19-34-32)23-9-2-1-3-10-23/h1-6,8-12,15-19,31H,7,13-14,20-21H2,(H,33,34)/t31-/m0/s1. The molecule has 4 aromatic carbocycles. The van der Waals surface area contributed by atoms with Crippen LogP contribution in [0.3, 0.4) is 0 Å². The van der Waals surface area contributed by atoms with E-state index >= 15 is 0 Å². The molecule has 1 atom stereocenters. The van der Waals surface area contributed by atoms with E-state index in [2.05, 4.69) is 40.3 Å². The Hall–Kier alpha value is -4.38. The van der Waals surface area contributed by atoms with Crippen molar-refractivity contribution in [2.75, 3.05) is 0 Å². The zero-order valence-electron chi connectivity index (χ0n) is 20.5. The normalized spacial score (nSPS) is 13.8. The Kier molecular flexibility index (Phi) is 6.42. The molecule has 1 aromatic heterocycles. The number of fused-ring (bicyclic) bond motifs is 2. The third-order valence-electron chi connectivity index (χ3n) is 7.02. The largest absolute Gasteiger partial charge is 0.488 e. The molecule has 5 heteroatoms. The highest BCUT2D eigenvalue weighted by Crippen LogP contribution is 2.36. The average molecular weight is 489 g/mol. The highest BCUT2D eigenvalue weighted by Gasteiger charge is 2.25. The fourth-order valence-corrected chi connectivity index (χ4v) is 5.15. The molecule has 0 spiro atoms. The highest BCUT2D eigenvalue weighted by atomic mass is 16.5. The van der Waals surface area contributed by atoms with Crippen molar-refractivity contribution < 1.29 is 14.3 Å². The lowest BCUT2D eigenvalue weighted by Gasteiger charge is -2.25. The van der Waals surface area contributed by atoms with Gasteiger partial charge in [-0.25, -0.2) is 4.98 Å². The molecule has 6 rings (SSSR count). The first-order valence-corrected chi connectivity index (χ1v) is 12.7. The number of nitrogens with zero attached hydrogens (tertiary/aromatic N) is 1. The number of ether oxygens (including phenoxy) is 2. The Balaban J connectivity index is 1.37. The van der Waals surface area contributed by atoms with E-state index in [9.17, 15) is 4.79 Å². The number of rotatable bonds is 8. The number of aromatic amines is 1. The van der Waals surface area contributed by atoms with Gasteiger partial charge in [0.05, 0.1) is 0 Å². The predicted molar refractivity (Wildman–Crippen MR) is 144 cm³/mol. The SMILES string of the molecule is O=C1CCCc2c1ccc(O[C@@H](Cc1ncc[nH]1)c1ccccc1)c2COc1cccc2ccccc12. The van der Waals surface area contributed by atoms with Crippen LogP contribution in [0.1, 0.15) is 51.8 Å². The lowest BCUT2D eigenvalue weighted by Crippen LogP contribution is -2.18. The zero-order valence-corrected chi connectivity index (χ0v) is 20.5. The molecule has 1 aliphatic rings.